The van der Waals surface area contributed by atoms with Gasteiger partial charge in [0.05, 0.1) is 12.8 Å². The fraction of sp³-hybridized carbons (Fsp3) is 0.500. The van der Waals surface area contributed by atoms with Crippen LogP contribution in [0.5, 0.6) is 5.75 Å². The van der Waals surface area contributed by atoms with Crippen LogP contribution in [0.1, 0.15) is 51.0 Å². The summed E-state index contributed by atoms with van der Waals surface area (Å²) in [5.74, 6) is -0.0409. The Balaban J connectivity index is 1.95. The molecule has 2 aromatic carbocycles. The molecule has 1 N–H and O–H groups in total. The minimum absolute atomic E-state index is 0.0917. The lowest BCUT2D eigenvalue weighted by molar-refractivity contribution is -0.140. The summed E-state index contributed by atoms with van der Waals surface area (Å²) in [5.41, 5.74) is 1.15. The van der Waals surface area contributed by atoms with Crippen molar-refractivity contribution in [3.8, 4) is 5.75 Å². The van der Waals surface area contributed by atoms with E-state index in [1.54, 1.807) is 37.4 Å². The number of carbonyl (C=O) groups is 2. The summed E-state index contributed by atoms with van der Waals surface area (Å²) in [6, 6.07) is 15.2. The third-order valence-electron chi connectivity index (χ3n) is 6.89. The van der Waals surface area contributed by atoms with Crippen molar-refractivity contribution in [3.63, 3.8) is 0 Å². The quantitative estimate of drug-likeness (QED) is 0.441. The number of ether oxygens (including phenoxy) is 1. The molecule has 2 amide bonds. The number of para-hydroxylation sites is 1. The van der Waals surface area contributed by atoms with Gasteiger partial charge in [-0.1, -0.05) is 56.5 Å². The number of nitrogens with one attached hydrogen (secondary N) is 1. The van der Waals surface area contributed by atoms with Gasteiger partial charge in [0.1, 0.15) is 18.3 Å². The van der Waals surface area contributed by atoms with E-state index in [2.05, 4.69) is 5.32 Å². The van der Waals surface area contributed by atoms with E-state index >= 15 is 0 Å². The summed E-state index contributed by atoms with van der Waals surface area (Å²) in [4.78, 5) is 28.9. The molecule has 0 heterocycles. The molecule has 1 aliphatic rings. The van der Waals surface area contributed by atoms with E-state index < -0.39 is 28.7 Å². The van der Waals surface area contributed by atoms with Gasteiger partial charge in [0.25, 0.3) is 0 Å². The van der Waals surface area contributed by atoms with E-state index in [9.17, 15) is 18.0 Å². The van der Waals surface area contributed by atoms with Crippen LogP contribution in [-0.2, 0) is 26.3 Å². The van der Waals surface area contributed by atoms with E-state index in [0.717, 1.165) is 39.9 Å². The molecule has 10 heteroatoms. The van der Waals surface area contributed by atoms with Crippen LogP contribution in [0, 0.1) is 0 Å². The molecule has 1 aliphatic carbocycles. The minimum atomic E-state index is -3.98. The standard InChI is InChI=1S/C28H40N4O5S/c1-5-26(28(34)29-23-14-8-6-9-15-23)31(20-22-13-12-18-25(19-22)37-4)27(33)21-32(38(35,36)30(2)3)24-16-10-7-11-17-24/h7,10-13,16-19,23,26H,5-6,8-9,14-15,20-21H2,1-4H3,(H,29,34). The fourth-order valence-corrected chi connectivity index (χ4v) is 5.80. The SMILES string of the molecule is CCC(C(=O)NC1CCCCC1)N(Cc1cccc(OC)c1)C(=O)CN(c1ccccc1)S(=O)(=O)N(C)C. The molecule has 0 aliphatic heterocycles. The van der Waals surface area contributed by atoms with Gasteiger partial charge in [-0.3, -0.25) is 9.59 Å². The summed E-state index contributed by atoms with van der Waals surface area (Å²) >= 11 is 0. The zero-order valence-electron chi connectivity index (χ0n) is 22.8. The second-order valence-corrected chi connectivity index (χ2v) is 11.8. The van der Waals surface area contributed by atoms with Crippen LogP contribution in [0.2, 0.25) is 0 Å². The number of hydrogen-bond acceptors (Lipinski definition) is 5. The largest absolute Gasteiger partial charge is 0.497 e. The van der Waals surface area contributed by atoms with Gasteiger partial charge in [0.2, 0.25) is 11.8 Å². The molecule has 1 saturated carbocycles. The Morgan fingerprint density at radius 2 is 1.71 bits per heavy atom. The average Bonchev–Trinajstić information content (AvgIpc) is 2.92. The van der Waals surface area contributed by atoms with Gasteiger partial charge < -0.3 is 15.0 Å². The Labute approximate surface area is 226 Å². The predicted molar refractivity (Wildman–Crippen MR) is 149 cm³/mol. The number of amides is 2. The van der Waals surface area contributed by atoms with Crippen molar-refractivity contribution in [1.82, 2.24) is 14.5 Å². The normalized spacial score (nSPS) is 15.1. The Morgan fingerprint density at radius 1 is 1.03 bits per heavy atom. The highest BCUT2D eigenvalue weighted by atomic mass is 32.2. The van der Waals surface area contributed by atoms with E-state index in [1.807, 2.05) is 31.2 Å². The molecule has 0 aromatic heterocycles. The first kappa shape index (κ1) is 29.4. The third-order valence-corrected chi connectivity index (χ3v) is 8.71. The molecule has 1 atom stereocenters. The number of anilines is 1. The number of hydrogen-bond donors (Lipinski definition) is 1. The molecular weight excluding hydrogens is 504 g/mol. The predicted octanol–water partition coefficient (Wildman–Crippen LogP) is 3.56. The number of benzene rings is 2. The van der Waals surface area contributed by atoms with Gasteiger partial charge in [-0.05, 0) is 49.1 Å². The maximum atomic E-state index is 13.9. The van der Waals surface area contributed by atoms with Crippen molar-refractivity contribution < 1.29 is 22.7 Å². The molecule has 2 aromatic rings. The van der Waals surface area contributed by atoms with Crippen molar-refractivity contribution in [1.29, 1.82) is 0 Å². The first-order valence-corrected chi connectivity index (χ1v) is 14.5. The molecule has 9 nitrogen and oxygen atoms in total. The van der Waals surface area contributed by atoms with Crippen LogP contribution in [0.15, 0.2) is 54.6 Å². The molecule has 1 unspecified atom stereocenters. The second kappa shape index (κ2) is 13.6. The number of methoxy groups -OCH3 is 1. The van der Waals surface area contributed by atoms with E-state index in [0.29, 0.717) is 17.9 Å². The maximum Gasteiger partial charge on any atom is 0.304 e. The monoisotopic (exact) mass is 544 g/mol. The fourth-order valence-electron chi connectivity index (χ4n) is 4.74. The molecular formula is C28H40N4O5S. The highest BCUT2D eigenvalue weighted by Crippen LogP contribution is 2.23. The van der Waals surface area contributed by atoms with Gasteiger partial charge in [-0.25, -0.2) is 4.31 Å². The number of rotatable bonds is 12. The van der Waals surface area contributed by atoms with Crippen LogP contribution in [0.3, 0.4) is 0 Å². The zero-order chi connectivity index (χ0) is 27.7. The lowest BCUT2D eigenvalue weighted by atomic mass is 9.95. The van der Waals surface area contributed by atoms with Crippen molar-refractivity contribution in [2.75, 3.05) is 32.1 Å². The molecule has 0 spiro atoms. The minimum Gasteiger partial charge on any atom is -0.497 e. The summed E-state index contributed by atoms with van der Waals surface area (Å²) in [7, 11) is 0.441. The molecule has 1 fully saturated rings. The lowest BCUT2D eigenvalue weighted by Crippen LogP contribution is -2.54. The topological polar surface area (TPSA) is 99.3 Å². The van der Waals surface area contributed by atoms with Crippen molar-refractivity contribution >= 4 is 27.7 Å². The molecule has 0 saturated heterocycles. The van der Waals surface area contributed by atoms with Gasteiger partial charge in [0, 0.05) is 26.7 Å². The summed E-state index contributed by atoms with van der Waals surface area (Å²) < 4.78 is 34.0. The first-order valence-electron chi connectivity index (χ1n) is 13.1. The Kier molecular flexibility index (Phi) is 10.6. The molecule has 38 heavy (non-hydrogen) atoms. The first-order chi connectivity index (χ1) is 18.2. The summed E-state index contributed by atoms with van der Waals surface area (Å²) in [6.45, 7) is 1.56. The van der Waals surface area contributed by atoms with Crippen LogP contribution in [0.4, 0.5) is 5.69 Å². The molecule has 208 valence electrons. The summed E-state index contributed by atoms with van der Waals surface area (Å²) in [5, 5.41) is 3.15. The number of carbonyl (C=O) groups excluding carboxylic acids is 2. The van der Waals surface area contributed by atoms with Gasteiger partial charge in [-0.15, -0.1) is 0 Å². The van der Waals surface area contributed by atoms with Crippen molar-refractivity contribution in [2.45, 2.75) is 64.1 Å². The second-order valence-electron chi connectivity index (χ2n) is 9.77. The highest BCUT2D eigenvalue weighted by Gasteiger charge is 2.34. The van der Waals surface area contributed by atoms with Gasteiger partial charge in [-0.2, -0.15) is 12.7 Å². The van der Waals surface area contributed by atoms with E-state index in [4.69, 9.17) is 4.74 Å². The Bertz CT molecular complexity index is 1170. The zero-order valence-corrected chi connectivity index (χ0v) is 23.6. The third kappa shape index (κ3) is 7.48. The number of nitrogens with zero attached hydrogens (tertiary/aromatic N) is 3. The smallest absolute Gasteiger partial charge is 0.304 e. The Morgan fingerprint density at radius 3 is 2.32 bits per heavy atom. The maximum absolute atomic E-state index is 13.9. The van der Waals surface area contributed by atoms with Crippen LogP contribution < -0.4 is 14.4 Å². The van der Waals surface area contributed by atoms with Crippen LogP contribution in [0.25, 0.3) is 0 Å². The molecule has 0 radical (unpaired) electrons. The van der Waals surface area contributed by atoms with Crippen LogP contribution >= 0.6 is 0 Å². The Hall–Kier alpha value is -3.11. The average molecular weight is 545 g/mol. The summed E-state index contributed by atoms with van der Waals surface area (Å²) in [6.07, 6.45) is 5.55. The van der Waals surface area contributed by atoms with Gasteiger partial charge in [0.15, 0.2) is 0 Å². The molecule has 0 bridgehead atoms. The van der Waals surface area contributed by atoms with Crippen molar-refractivity contribution in [3.05, 3.63) is 60.2 Å². The van der Waals surface area contributed by atoms with E-state index in [-0.39, 0.29) is 18.5 Å². The molecule has 3 rings (SSSR count). The highest BCUT2D eigenvalue weighted by molar-refractivity contribution is 7.90. The van der Waals surface area contributed by atoms with E-state index in [1.165, 1.54) is 25.4 Å². The van der Waals surface area contributed by atoms with Gasteiger partial charge >= 0.3 is 10.2 Å². The lowest BCUT2D eigenvalue weighted by Gasteiger charge is -2.35. The van der Waals surface area contributed by atoms with Crippen molar-refractivity contribution in [2.24, 2.45) is 0 Å². The van der Waals surface area contributed by atoms with Crippen LogP contribution in [-0.4, -0.2) is 69.3 Å².